The summed E-state index contributed by atoms with van der Waals surface area (Å²) in [6, 6.07) is 11.3. The van der Waals surface area contributed by atoms with Crippen LogP contribution in [0.1, 0.15) is 25.3 Å². The summed E-state index contributed by atoms with van der Waals surface area (Å²) in [7, 11) is -2.39. The molecule has 152 valence electrons. The number of hydrogen-bond donors (Lipinski definition) is 1. The Hall–Kier alpha value is -2.42. The van der Waals surface area contributed by atoms with Crippen molar-refractivity contribution >= 4 is 32.5 Å². The fourth-order valence-corrected chi connectivity index (χ4v) is 4.99. The predicted octanol–water partition coefficient (Wildman–Crippen LogP) is 2.23. The zero-order valence-electron chi connectivity index (χ0n) is 16.0. The molecule has 1 aromatic heterocycles. The molecule has 0 aliphatic heterocycles. The minimum absolute atomic E-state index is 0.00294. The largest absolute Gasteiger partial charge is 0.331 e. The number of nitrogens with one attached hydrogen (secondary N) is 1. The monoisotopic (exact) mass is 433 g/mol. The zero-order valence-corrected chi connectivity index (χ0v) is 17.5. The van der Waals surface area contributed by atoms with Gasteiger partial charge in [0.15, 0.2) is 0 Å². The molecule has 1 aliphatic rings. The lowest BCUT2D eigenvalue weighted by Gasteiger charge is -2.15. The molecular formula is C20H20ClN3O4S. The third kappa shape index (κ3) is 3.75. The summed E-state index contributed by atoms with van der Waals surface area (Å²) in [5.41, 5.74) is -0.289. The van der Waals surface area contributed by atoms with Crippen LogP contribution >= 0.6 is 11.6 Å². The van der Waals surface area contributed by atoms with Crippen LogP contribution in [-0.2, 0) is 23.6 Å². The Labute approximate surface area is 172 Å². The van der Waals surface area contributed by atoms with Crippen LogP contribution in [0.15, 0.2) is 56.9 Å². The van der Waals surface area contributed by atoms with E-state index in [0.717, 1.165) is 23.0 Å². The van der Waals surface area contributed by atoms with Gasteiger partial charge in [-0.05, 0) is 55.7 Å². The fourth-order valence-electron chi connectivity index (χ4n) is 3.28. The van der Waals surface area contributed by atoms with Gasteiger partial charge in [0.25, 0.3) is 5.56 Å². The maximum absolute atomic E-state index is 12.7. The van der Waals surface area contributed by atoms with Gasteiger partial charge in [0, 0.05) is 17.6 Å². The van der Waals surface area contributed by atoms with Crippen LogP contribution in [0.25, 0.3) is 10.9 Å². The van der Waals surface area contributed by atoms with Crippen molar-refractivity contribution in [2.75, 3.05) is 0 Å². The van der Waals surface area contributed by atoms with Gasteiger partial charge in [0.2, 0.25) is 10.0 Å². The van der Waals surface area contributed by atoms with Crippen LogP contribution in [0.2, 0.25) is 5.02 Å². The highest BCUT2D eigenvalue weighted by Gasteiger charge is 2.41. The van der Waals surface area contributed by atoms with Crippen molar-refractivity contribution < 1.29 is 8.42 Å². The minimum Gasteiger partial charge on any atom is -0.289 e. The van der Waals surface area contributed by atoms with E-state index in [0.29, 0.717) is 10.5 Å². The summed E-state index contributed by atoms with van der Waals surface area (Å²) >= 11 is 6.04. The lowest BCUT2D eigenvalue weighted by molar-refractivity contribution is 0.558. The fraction of sp³-hybridized carbons (Fsp3) is 0.300. The van der Waals surface area contributed by atoms with E-state index < -0.39 is 26.8 Å². The van der Waals surface area contributed by atoms with Gasteiger partial charge >= 0.3 is 5.69 Å². The van der Waals surface area contributed by atoms with Crippen LogP contribution < -0.4 is 16.0 Å². The summed E-state index contributed by atoms with van der Waals surface area (Å²) < 4.78 is 30.5. The van der Waals surface area contributed by atoms with E-state index in [2.05, 4.69) is 4.72 Å². The lowest BCUT2D eigenvalue weighted by atomic mass is 10.2. The van der Waals surface area contributed by atoms with Crippen molar-refractivity contribution in [3.05, 3.63) is 73.9 Å². The van der Waals surface area contributed by atoms with Crippen LogP contribution in [0.5, 0.6) is 0 Å². The Morgan fingerprint density at radius 1 is 1.14 bits per heavy atom. The highest BCUT2D eigenvalue weighted by molar-refractivity contribution is 7.89. The summed E-state index contributed by atoms with van der Waals surface area (Å²) in [4.78, 5) is 25.4. The summed E-state index contributed by atoms with van der Waals surface area (Å²) in [5.74, 6) is 0. The van der Waals surface area contributed by atoms with Crippen molar-refractivity contribution in [1.29, 1.82) is 0 Å². The van der Waals surface area contributed by atoms with Gasteiger partial charge in [-0.2, -0.15) is 0 Å². The smallest absolute Gasteiger partial charge is 0.289 e. The number of rotatable bonds is 5. The number of fused-ring (bicyclic) bond motifs is 1. The van der Waals surface area contributed by atoms with Gasteiger partial charge < -0.3 is 0 Å². The molecule has 29 heavy (non-hydrogen) atoms. The van der Waals surface area contributed by atoms with E-state index >= 15 is 0 Å². The molecule has 0 atom stereocenters. The van der Waals surface area contributed by atoms with Gasteiger partial charge in [-0.3, -0.25) is 13.9 Å². The van der Waals surface area contributed by atoms with Crippen molar-refractivity contribution in [2.24, 2.45) is 7.05 Å². The van der Waals surface area contributed by atoms with Crippen molar-refractivity contribution in [1.82, 2.24) is 13.9 Å². The zero-order chi connectivity index (χ0) is 21.0. The first-order valence-corrected chi connectivity index (χ1v) is 11.0. The molecule has 1 heterocycles. The molecule has 0 bridgehead atoms. The highest BCUT2D eigenvalue weighted by Crippen LogP contribution is 2.36. The molecule has 1 N–H and O–H groups in total. The Morgan fingerprint density at radius 2 is 1.86 bits per heavy atom. The van der Waals surface area contributed by atoms with Gasteiger partial charge in [0.05, 0.1) is 22.3 Å². The first kappa shape index (κ1) is 19.9. The van der Waals surface area contributed by atoms with Crippen molar-refractivity contribution in [2.45, 2.75) is 36.7 Å². The quantitative estimate of drug-likeness (QED) is 0.668. The Bertz CT molecular complexity index is 1350. The first-order chi connectivity index (χ1) is 13.6. The third-order valence-electron chi connectivity index (χ3n) is 5.23. The molecule has 0 spiro atoms. The number of hydrogen-bond acceptors (Lipinski definition) is 4. The summed E-state index contributed by atoms with van der Waals surface area (Å²) in [6.07, 6.45) is 1.56. The number of nitrogens with zero attached hydrogens (tertiary/aromatic N) is 2. The number of halogens is 1. The number of sulfonamides is 1. The van der Waals surface area contributed by atoms with Gasteiger partial charge in [-0.15, -0.1) is 0 Å². The van der Waals surface area contributed by atoms with Crippen molar-refractivity contribution in [3.63, 3.8) is 0 Å². The Balaban J connectivity index is 1.87. The average molecular weight is 434 g/mol. The molecular weight excluding hydrogens is 414 g/mol. The Morgan fingerprint density at radius 3 is 2.52 bits per heavy atom. The average Bonchev–Trinajstić information content (AvgIpc) is 3.39. The van der Waals surface area contributed by atoms with E-state index in [4.69, 9.17) is 11.6 Å². The SMILES string of the molecule is Cn1c(=O)c2cc(S(=O)(=O)NC3(C)CC3)ccc2n(Cc2cccc(Cl)c2)c1=O. The van der Waals surface area contributed by atoms with E-state index in [1.807, 2.05) is 13.0 Å². The third-order valence-corrected chi connectivity index (χ3v) is 7.10. The molecule has 1 aliphatic carbocycles. The molecule has 1 fully saturated rings. The summed E-state index contributed by atoms with van der Waals surface area (Å²) in [5, 5.41) is 0.704. The molecule has 0 radical (unpaired) electrons. The minimum atomic E-state index is -3.77. The van der Waals surface area contributed by atoms with Crippen LogP contribution in [0.4, 0.5) is 0 Å². The van der Waals surface area contributed by atoms with E-state index in [-0.39, 0.29) is 16.8 Å². The van der Waals surface area contributed by atoms with E-state index in [1.54, 1.807) is 18.2 Å². The number of benzene rings is 2. The number of aromatic nitrogens is 2. The highest BCUT2D eigenvalue weighted by atomic mass is 35.5. The maximum Gasteiger partial charge on any atom is 0.331 e. The molecule has 7 nitrogen and oxygen atoms in total. The van der Waals surface area contributed by atoms with Gasteiger partial charge in [-0.1, -0.05) is 23.7 Å². The summed E-state index contributed by atoms with van der Waals surface area (Å²) in [6.45, 7) is 2.04. The van der Waals surface area contributed by atoms with Crippen molar-refractivity contribution in [3.8, 4) is 0 Å². The molecule has 9 heteroatoms. The molecule has 0 saturated heterocycles. The lowest BCUT2D eigenvalue weighted by Crippen LogP contribution is -2.38. The second-order valence-electron chi connectivity index (χ2n) is 7.71. The van der Waals surface area contributed by atoms with Crippen LogP contribution in [0, 0.1) is 0 Å². The molecule has 0 amide bonds. The predicted molar refractivity (Wildman–Crippen MR) is 112 cm³/mol. The molecule has 2 aromatic carbocycles. The second kappa shape index (κ2) is 6.83. The molecule has 4 rings (SSSR count). The molecule has 1 saturated carbocycles. The molecule has 3 aromatic rings. The van der Waals surface area contributed by atoms with Crippen LogP contribution in [-0.4, -0.2) is 23.1 Å². The Kier molecular flexibility index (Phi) is 4.68. The first-order valence-electron chi connectivity index (χ1n) is 9.12. The topological polar surface area (TPSA) is 90.2 Å². The van der Waals surface area contributed by atoms with Gasteiger partial charge in [-0.25, -0.2) is 17.9 Å². The normalized spacial score (nSPS) is 15.6. The van der Waals surface area contributed by atoms with E-state index in [1.165, 1.54) is 29.8 Å². The molecule has 0 unspecified atom stereocenters. The maximum atomic E-state index is 12.7. The van der Waals surface area contributed by atoms with Gasteiger partial charge in [0.1, 0.15) is 0 Å². The standard InChI is InChI=1S/C20H20ClN3O4S/c1-20(8-9-20)22-29(27,28)15-6-7-17-16(11-15)18(25)23(2)19(26)24(17)12-13-4-3-5-14(21)10-13/h3-7,10-11,22H,8-9,12H2,1-2H3. The second-order valence-corrected chi connectivity index (χ2v) is 9.83. The van der Waals surface area contributed by atoms with E-state index in [9.17, 15) is 18.0 Å². The van der Waals surface area contributed by atoms with Crippen LogP contribution in [0.3, 0.4) is 0 Å².